The summed E-state index contributed by atoms with van der Waals surface area (Å²) in [5.74, 6) is -2.14. The van der Waals surface area contributed by atoms with Crippen LogP contribution in [-0.4, -0.2) is 48.6 Å². The van der Waals surface area contributed by atoms with Gasteiger partial charge >= 0.3 is 12.2 Å². The van der Waals surface area contributed by atoms with Crippen molar-refractivity contribution < 1.29 is 36.6 Å². The van der Waals surface area contributed by atoms with Gasteiger partial charge in [0, 0.05) is 38.0 Å². The number of likely N-dealkylation sites (N-methyl/N-ethyl adjacent to an activating group) is 1. The van der Waals surface area contributed by atoms with Gasteiger partial charge in [-0.1, -0.05) is 0 Å². The van der Waals surface area contributed by atoms with E-state index in [1.54, 1.807) is 0 Å². The monoisotopic (exact) mass is 428 g/mol. The lowest BCUT2D eigenvalue weighted by Crippen LogP contribution is -2.40. The lowest BCUT2D eigenvalue weighted by atomic mass is 10.2. The van der Waals surface area contributed by atoms with Gasteiger partial charge < -0.3 is 25.0 Å². The second-order valence-corrected chi connectivity index (χ2v) is 6.27. The second-order valence-electron chi connectivity index (χ2n) is 6.27. The van der Waals surface area contributed by atoms with Crippen molar-refractivity contribution in [2.75, 3.05) is 26.0 Å². The number of ether oxygens (including phenoxy) is 2. The standard InChI is InChI=1S/C18H16F4N4O4/c1-26-12(8-24-17(26)28)16(27)25-11-6-13(10(19)5-14(11)29-2)30-15-4-3-9(7-23-15)18(20,21)22/h3-7,12H,8H2,1-2H3,(H,24,28)(H,25,27)/t12-/m1/s1. The molecule has 0 saturated carbocycles. The SMILES string of the molecule is COc1cc(F)c(Oc2ccc(C(F)(F)F)cn2)cc1NC(=O)[C@H]1CNC(=O)N1C. The average molecular weight is 428 g/mol. The van der Waals surface area contributed by atoms with Gasteiger partial charge in [0.1, 0.15) is 11.8 Å². The molecule has 1 fully saturated rings. The summed E-state index contributed by atoms with van der Waals surface area (Å²) in [6.45, 7) is 0.0868. The Morgan fingerprint density at radius 1 is 1.30 bits per heavy atom. The number of halogens is 4. The zero-order chi connectivity index (χ0) is 22.1. The predicted octanol–water partition coefficient (Wildman–Crippen LogP) is 3.00. The molecule has 0 bridgehead atoms. The summed E-state index contributed by atoms with van der Waals surface area (Å²) in [6.07, 6.45) is -4.02. The first-order valence-electron chi connectivity index (χ1n) is 8.50. The summed E-state index contributed by atoms with van der Waals surface area (Å²) < 4.78 is 62.5. The van der Waals surface area contributed by atoms with Crippen molar-refractivity contribution >= 4 is 17.6 Å². The third kappa shape index (κ3) is 4.36. The Bertz CT molecular complexity index is 966. The minimum absolute atomic E-state index is 0.0199. The number of carbonyl (C=O) groups is 2. The smallest absolute Gasteiger partial charge is 0.417 e. The molecule has 2 heterocycles. The Morgan fingerprint density at radius 3 is 2.57 bits per heavy atom. The van der Waals surface area contributed by atoms with Crippen molar-refractivity contribution in [3.8, 4) is 17.4 Å². The number of hydrogen-bond donors (Lipinski definition) is 2. The van der Waals surface area contributed by atoms with Crippen LogP contribution < -0.4 is 20.1 Å². The fourth-order valence-corrected chi connectivity index (χ4v) is 2.67. The van der Waals surface area contributed by atoms with E-state index < -0.39 is 41.3 Å². The average Bonchev–Trinajstić information content (AvgIpc) is 3.02. The molecule has 3 rings (SSSR count). The fourth-order valence-electron chi connectivity index (χ4n) is 2.67. The Labute approximate surface area is 167 Å². The highest BCUT2D eigenvalue weighted by Gasteiger charge is 2.34. The maximum absolute atomic E-state index is 14.3. The van der Waals surface area contributed by atoms with Crippen LogP contribution in [0.4, 0.5) is 28.0 Å². The Kier molecular flexibility index (Phi) is 5.67. The number of nitrogens with zero attached hydrogens (tertiary/aromatic N) is 2. The highest BCUT2D eigenvalue weighted by molar-refractivity contribution is 5.99. The molecule has 1 aromatic carbocycles. The van der Waals surface area contributed by atoms with Crippen molar-refractivity contribution in [2.24, 2.45) is 0 Å². The second kappa shape index (κ2) is 8.05. The number of urea groups is 1. The summed E-state index contributed by atoms with van der Waals surface area (Å²) >= 11 is 0. The van der Waals surface area contributed by atoms with E-state index in [9.17, 15) is 27.2 Å². The zero-order valence-electron chi connectivity index (χ0n) is 15.7. The van der Waals surface area contributed by atoms with E-state index in [0.717, 1.165) is 24.3 Å². The van der Waals surface area contributed by atoms with Gasteiger partial charge in [0.2, 0.25) is 11.8 Å². The molecule has 0 unspecified atom stereocenters. The molecular weight excluding hydrogens is 412 g/mol. The van der Waals surface area contributed by atoms with E-state index in [2.05, 4.69) is 15.6 Å². The number of pyridine rings is 1. The van der Waals surface area contributed by atoms with Crippen LogP contribution in [0.3, 0.4) is 0 Å². The Morgan fingerprint density at radius 2 is 2.03 bits per heavy atom. The number of benzene rings is 1. The van der Waals surface area contributed by atoms with Gasteiger partial charge in [0.05, 0.1) is 18.4 Å². The molecular formula is C18H16F4N4O4. The molecule has 12 heteroatoms. The minimum Gasteiger partial charge on any atom is -0.494 e. The van der Waals surface area contributed by atoms with Crippen LogP contribution in [0.1, 0.15) is 5.56 Å². The number of alkyl halides is 3. The number of amides is 3. The molecule has 8 nitrogen and oxygen atoms in total. The van der Waals surface area contributed by atoms with Crippen molar-refractivity contribution in [1.29, 1.82) is 0 Å². The molecule has 2 N–H and O–H groups in total. The van der Waals surface area contributed by atoms with Gasteiger partial charge in [-0.2, -0.15) is 13.2 Å². The van der Waals surface area contributed by atoms with E-state index in [0.29, 0.717) is 6.20 Å². The minimum atomic E-state index is -4.57. The van der Waals surface area contributed by atoms with Crippen LogP contribution in [-0.2, 0) is 11.0 Å². The number of aromatic nitrogens is 1. The van der Waals surface area contributed by atoms with Crippen molar-refractivity contribution in [1.82, 2.24) is 15.2 Å². The maximum atomic E-state index is 14.3. The highest BCUT2D eigenvalue weighted by atomic mass is 19.4. The van der Waals surface area contributed by atoms with Crippen molar-refractivity contribution in [2.45, 2.75) is 12.2 Å². The fraction of sp³-hybridized carbons (Fsp3) is 0.278. The van der Waals surface area contributed by atoms with Crippen molar-refractivity contribution in [3.63, 3.8) is 0 Å². The van der Waals surface area contributed by atoms with Crippen LogP contribution in [0.15, 0.2) is 30.5 Å². The summed E-state index contributed by atoms with van der Waals surface area (Å²) in [6, 6.07) is 2.51. The van der Waals surface area contributed by atoms with Crippen LogP contribution in [0.5, 0.6) is 17.4 Å². The van der Waals surface area contributed by atoms with Crippen LogP contribution >= 0.6 is 0 Å². The molecule has 30 heavy (non-hydrogen) atoms. The first-order valence-corrected chi connectivity index (χ1v) is 8.50. The quantitative estimate of drug-likeness (QED) is 0.715. The van der Waals surface area contributed by atoms with Crippen LogP contribution in [0, 0.1) is 5.82 Å². The normalized spacial score (nSPS) is 16.3. The van der Waals surface area contributed by atoms with Gasteiger partial charge in [-0.3, -0.25) is 4.79 Å². The zero-order valence-corrected chi connectivity index (χ0v) is 15.7. The van der Waals surface area contributed by atoms with E-state index in [1.807, 2.05) is 0 Å². The summed E-state index contributed by atoms with van der Waals surface area (Å²) in [4.78, 5) is 28.7. The summed E-state index contributed by atoms with van der Waals surface area (Å²) in [5.41, 5.74) is -0.944. The molecule has 1 saturated heterocycles. The molecule has 1 aromatic heterocycles. The molecule has 2 aromatic rings. The van der Waals surface area contributed by atoms with Gasteiger partial charge in [0.25, 0.3) is 0 Å². The van der Waals surface area contributed by atoms with Gasteiger partial charge in [-0.15, -0.1) is 0 Å². The molecule has 0 radical (unpaired) electrons. The first kappa shape index (κ1) is 21.1. The molecule has 1 atom stereocenters. The molecule has 1 aliphatic rings. The number of methoxy groups -OCH3 is 1. The predicted molar refractivity (Wildman–Crippen MR) is 95.8 cm³/mol. The molecule has 160 valence electrons. The molecule has 0 spiro atoms. The Balaban J connectivity index is 1.82. The molecule has 1 aliphatic heterocycles. The number of rotatable bonds is 5. The number of nitrogens with one attached hydrogen (secondary N) is 2. The highest BCUT2D eigenvalue weighted by Crippen LogP contribution is 2.35. The van der Waals surface area contributed by atoms with Gasteiger partial charge in [-0.05, 0) is 6.07 Å². The summed E-state index contributed by atoms with van der Waals surface area (Å²) in [5, 5.41) is 5.03. The van der Waals surface area contributed by atoms with E-state index in [1.165, 1.54) is 19.1 Å². The topological polar surface area (TPSA) is 92.8 Å². The van der Waals surface area contributed by atoms with Crippen LogP contribution in [0.25, 0.3) is 0 Å². The first-order chi connectivity index (χ1) is 14.1. The van der Waals surface area contributed by atoms with E-state index in [4.69, 9.17) is 9.47 Å². The maximum Gasteiger partial charge on any atom is 0.417 e. The number of carbonyl (C=O) groups excluding carboxylic acids is 2. The molecule has 0 aliphatic carbocycles. The van der Waals surface area contributed by atoms with Crippen molar-refractivity contribution in [3.05, 3.63) is 41.8 Å². The lowest BCUT2D eigenvalue weighted by molar-refractivity contribution is -0.137. The summed E-state index contributed by atoms with van der Waals surface area (Å²) in [7, 11) is 2.70. The number of hydrogen-bond acceptors (Lipinski definition) is 5. The van der Waals surface area contributed by atoms with Gasteiger partial charge in [-0.25, -0.2) is 14.2 Å². The third-order valence-electron chi connectivity index (χ3n) is 4.33. The third-order valence-corrected chi connectivity index (χ3v) is 4.33. The largest absolute Gasteiger partial charge is 0.494 e. The van der Waals surface area contributed by atoms with Crippen LogP contribution in [0.2, 0.25) is 0 Å². The molecule has 3 amide bonds. The van der Waals surface area contributed by atoms with E-state index in [-0.39, 0.29) is 23.9 Å². The lowest BCUT2D eigenvalue weighted by Gasteiger charge is -2.19. The Hall–Kier alpha value is -3.57. The van der Waals surface area contributed by atoms with E-state index >= 15 is 0 Å². The number of anilines is 1. The van der Waals surface area contributed by atoms with Gasteiger partial charge in [0.15, 0.2) is 11.6 Å².